The summed E-state index contributed by atoms with van der Waals surface area (Å²) in [6.45, 7) is 0. The summed E-state index contributed by atoms with van der Waals surface area (Å²) >= 11 is 11.4. The van der Waals surface area contributed by atoms with Crippen molar-refractivity contribution in [3.05, 3.63) is 46.7 Å². The Morgan fingerprint density at radius 2 is 1.54 bits per heavy atom. The molecule has 0 aliphatic rings. The quantitative estimate of drug-likeness (QED) is 0.764. The van der Waals surface area contributed by atoms with Crippen LogP contribution in [0.4, 0.5) is 5.69 Å². The van der Waals surface area contributed by atoms with Crippen molar-refractivity contribution >= 4 is 48.9 Å². The number of nitrogens with zero attached hydrogens (tertiary/aromatic N) is 2. The van der Waals surface area contributed by atoms with Gasteiger partial charge in [-0.3, -0.25) is 4.72 Å². The number of aromatic nitrogens is 1. The van der Waals surface area contributed by atoms with Gasteiger partial charge in [0.25, 0.3) is 10.0 Å². The highest BCUT2D eigenvalue weighted by molar-refractivity contribution is 7.92. The second-order valence-corrected chi connectivity index (χ2v) is 9.39. The van der Waals surface area contributed by atoms with Crippen molar-refractivity contribution in [3.8, 4) is 0 Å². The molecule has 0 saturated heterocycles. The predicted molar refractivity (Wildman–Crippen MR) is 92.4 cm³/mol. The number of rotatable bonds is 5. The van der Waals surface area contributed by atoms with Crippen molar-refractivity contribution in [2.45, 2.75) is 9.79 Å². The minimum Gasteiger partial charge on any atom is -0.280 e. The van der Waals surface area contributed by atoms with Crippen LogP contribution in [0.1, 0.15) is 0 Å². The number of sulfonamides is 2. The molecule has 2 aromatic rings. The summed E-state index contributed by atoms with van der Waals surface area (Å²) in [5.41, 5.74) is 0.179. The highest BCUT2D eigenvalue weighted by Gasteiger charge is 2.21. The van der Waals surface area contributed by atoms with E-state index in [4.69, 9.17) is 23.2 Å². The van der Waals surface area contributed by atoms with Gasteiger partial charge in [-0.2, -0.15) is 0 Å². The Morgan fingerprint density at radius 1 is 0.958 bits per heavy atom. The number of pyridine rings is 1. The highest BCUT2D eigenvalue weighted by atomic mass is 35.5. The third-order valence-corrected chi connectivity index (χ3v) is 6.81. The molecular weight excluding hydrogens is 397 g/mol. The molecule has 7 nitrogen and oxygen atoms in total. The van der Waals surface area contributed by atoms with E-state index in [2.05, 4.69) is 9.71 Å². The number of anilines is 1. The molecule has 0 spiro atoms. The Kier molecular flexibility index (Phi) is 5.41. The van der Waals surface area contributed by atoms with Gasteiger partial charge in [-0.05, 0) is 36.4 Å². The maximum absolute atomic E-state index is 12.3. The first-order valence-electron chi connectivity index (χ1n) is 6.41. The molecule has 0 atom stereocenters. The third-order valence-electron chi connectivity index (χ3n) is 2.96. The molecule has 24 heavy (non-hydrogen) atoms. The largest absolute Gasteiger partial charge is 0.280 e. The summed E-state index contributed by atoms with van der Waals surface area (Å²) < 4.78 is 51.9. The fourth-order valence-electron chi connectivity index (χ4n) is 1.72. The van der Waals surface area contributed by atoms with Crippen LogP contribution in [0.25, 0.3) is 0 Å². The maximum Gasteiger partial charge on any atom is 0.264 e. The molecule has 0 bridgehead atoms. The van der Waals surface area contributed by atoms with Crippen molar-refractivity contribution in [3.63, 3.8) is 0 Å². The van der Waals surface area contributed by atoms with Gasteiger partial charge in [0.15, 0.2) is 5.15 Å². The second kappa shape index (κ2) is 6.85. The average Bonchev–Trinajstić information content (AvgIpc) is 2.46. The van der Waals surface area contributed by atoms with Gasteiger partial charge in [0, 0.05) is 19.8 Å². The zero-order chi connectivity index (χ0) is 18.1. The minimum absolute atomic E-state index is 0.0432. The van der Waals surface area contributed by atoms with Crippen LogP contribution < -0.4 is 4.72 Å². The minimum atomic E-state index is -3.99. The van der Waals surface area contributed by atoms with Crippen molar-refractivity contribution in [2.75, 3.05) is 18.8 Å². The lowest BCUT2D eigenvalue weighted by Gasteiger charge is -2.12. The zero-order valence-corrected chi connectivity index (χ0v) is 15.7. The van der Waals surface area contributed by atoms with E-state index >= 15 is 0 Å². The molecule has 0 fully saturated rings. The van der Waals surface area contributed by atoms with Crippen molar-refractivity contribution in [2.24, 2.45) is 0 Å². The number of nitrogens with one attached hydrogen (secondary N) is 1. The summed E-state index contributed by atoms with van der Waals surface area (Å²) in [6, 6.07) is 7.81. The van der Waals surface area contributed by atoms with E-state index in [-0.39, 0.29) is 25.8 Å². The van der Waals surface area contributed by atoms with Crippen LogP contribution in [0.15, 0.2) is 46.2 Å². The first-order valence-corrected chi connectivity index (χ1v) is 10.1. The van der Waals surface area contributed by atoms with Crippen molar-refractivity contribution < 1.29 is 16.8 Å². The topological polar surface area (TPSA) is 96.4 Å². The molecule has 0 aliphatic carbocycles. The molecular formula is C13H13Cl2N3O4S2. The van der Waals surface area contributed by atoms with E-state index in [0.717, 1.165) is 4.31 Å². The van der Waals surface area contributed by atoms with Crippen LogP contribution in [0.3, 0.4) is 0 Å². The lowest BCUT2D eigenvalue weighted by Crippen LogP contribution is -2.22. The molecule has 130 valence electrons. The zero-order valence-electron chi connectivity index (χ0n) is 12.6. The molecule has 0 amide bonds. The SMILES string of the molecule is CN(C)S(=O)(=O)c1ccc(NS(=O)(=O)c2ccc(Cl)nc2Cl)cc1. The Balaban J connectivity index is 2.31. The number of benzene rings is 1. The summed E-state index contributed by atoms with van der Waals surface area (Å²) in [5, 5.41) is -0.195. The van der Waals surface area contributed by atoms with Gasteiger partial charge in [-0.1, -0.05) is 23.2 Å². The van der Waals surface area contributed by atoms with Gasteiger partial charge in [-0.25, -0.2) is 26.1 Å². The Labute approximate surface area is 150 Å². The molecule has 0 aliphatic heterocycles. The normalized spacial score (nSPS) is 12.4. The van der Waals surface area contributed by atoms with E-state index in [1.54, 1.807) is 0 Å². The Bertz CT molecular complexity index is 959. The van der Waals surface area contributed by atoms with Gasteiger partial charge in [-0.15, -0.1) is 0 Å². The molecule has 1 aromatic carbocycles. The molecule has 1 aromatic heterocycles. The lowest BCUT2D eigenvalue weighted by atomic mass is 10.3. The van der Waals surface area contributed by atoms with E-state index in [1.165, 1.54) is 50.5 Å². The van der Waals surface area contributed by atoms with Gasteiger partial charge in [0.05, 0.1) is 4.90 Å². The molecule has 1 heterocycles. The van der Waals surface area contributed by atoms with Gasteiger partial charge in [0.2, 0.25) is 10.0 Å². The summed E-state index contributed by atoms with van der Waals surface area (Å²) in [6.07, 6.45) is 0. The van der Waals surface area contributed by atoms with Crippen LogP contribution in [0, 0.1) is 0 Å². The Hall–Kier alpha value is -1.39. The molecule has 1 N–H and O–H groups in total. The summed E-state index contributed by atoms with van der Waals surface area (Å²) in [5.74, 6) is 0. The lowest BCUT2D eigenvalue weighted by molar-refractivity contribution is 0.521. The average molecular weight is 410 g/mol. The smallest absolute Gasteiger partial charge is 0.264 e. The summed E-state index contributed by atoms with van der Waals surface area (Å²) in [4.78, 5) is 3.48. The molecule has 0 radical (unpaired) electrons. The van der Waals surface area contributed by atoms with E-state index < -0.39 is 20.0 Å². The maximum atomic E-state index is 12.3. The first kappa shape index (κ1) is 18.9. The summed E-state index contributed by atoms with van der Waals surface area (Å²) in [7, 11) is -4.77. The standard InChI is InChI=1S/C13H13Cl2N3O4S2/c1-18(2)24(21,22)10-5-3-9(4-6-10)17-23(19,20)11-7-8-12(14)16-13(11)15/h3-8,17H,1-2H3. The van der Waals surface area contributed by atoms with Crippen LogP contribution in [-0.2, 0) is 20.0 Å². The van der Waals surface area contributed by atoms with Gasteiger partial charge in [0.1, 0.15) is 10.0 Å². The monoisotopic (exact) mass is 409 g/mol. The fraction of sp³-hybridized carbons (Fsp3) is 0.154. The second-order valence-electron chi connectivity index (χ2n) is 4.84. The first-order chi connectivity index (χ1) is 11.0. The van der Waals surface area contributed by atoms with Crippen LogP contribution >= 0.6 is 23.2 Å². The van der Waals surface area contributed by atoms with Crippen molar-refractivity contribution in [1.29, 1.82) is 0 Å². The molecule has 2 rings (SSSR count). The Morgan fingerprint density at radius 3 is 2.04 bits per heavy atom. The van der Waals surface area contributed by atoms with Gasteiger partial charge < -0.3 is 0 Å². The van der Waals surface area contributed by atoms with Crippen LogP contribution in [0.2, 0.25) is 10.3 Å². The van der Waals surface area contributed by atoms with Gasteiger partial charge >= 0.3 is 0 Å². The molecule has 0 saturated carbocycles. The molecule has 11 heteroatoms. The fourth-order valence-corrected chi connectivity index (χ4v) is 4.34. The number of hydrogen-bond donors (Lipinski definition) is 1. The molecule has 0 unspecified atom stereocenters. The highest BCUT2D eigenvalue weighted by Crippen LogP contribution is 2.24. The predicted octanol–water partition coefficient (Wildman–Crippen LogP) is 2.44. The van der Waals surface area contributed by atoms with Crippen molar-refractivity contribution in [1.82, 2.24) is 9.29 Å². The van der Waals surface area contributed by atoms with E-state index in [9.17, 15) is 16.8 Å². The number of halogens is 2. The van der Waals surface area contributed by atoms with E-state index in [1.807, 2.05) is 0 Å². The van der Waals surface area contributed by atoms with Crippen LogP contribution in [-0.4, -0.2) is 40.2 Å². The van der Waals surface area contributed by atoms with Crippen LogP contribution in [0.5, 0.6) is 0 Å². The van der Waals surface area contributed by atoms with E-state index in [0.29, 0.717) is 0 Å². The number of hydrogen-bond acceptors (Lipinski definition) is 5. The third kappa shape index (κ3) is 3.98.